The molecule has 1 N–H and O–H groups in total. The average molecular weight is 277 g/mol. The molecule has 0 saturated carbocycles. The molecule has 16 heavy (non-hydrogen) atoms. The van der Waals surface area contributed by atoms with Crippen molar-refractivity contribution in [2.75, 3.05) is 5.32 Å². The van der Waals surface area contributed by atoms with E-state index in [0.29, 0.717) is 17.0 Å². The maximum Gasteiger partial charge on any atom is 0.204 e. The van der Waals surface area contributed by atoms with Gasteiger partial charge in [-0.05, 0) is 18.5 Å². The Labute approximate surface area is 107 Å². The van der Waals surface area contributed by atoms with Crippen LogP contribution in [0, 0.1) is 6.92 Å². The van der Waals surface area contributed by atoms with Crippen LogP contribution in [0.3, 0.4) is 0 Å². The molecule has 0 aromatic carbocycles. The fourth-order valence-electron chi connectivity index (χ4n) is 1.26. The van der Waals surface area contributed by atoms with Crippen LogP contribution in [0.25, 0.3) is 0 Å². The molecule has 2 heterocycles. The number of hydrogen-bond donors (Lipinski definition) is 1. The number of rotatable bonds is 3. The average Bonchev–Trinajstić information content (AvgIpc) is 2.72. The van der Waals surface area contributed by atoms with Gasteiger partial charge in [0.15, 0.2) is 10.3 Å². The van der Waals surface area contributed by atoms with E-state index < -0.39 is 0 Å². The van der Waals surface area contributed by atoms with Gasteiger partial charge >= 0.3 is 0 Å². The van der Waals surface area contributed by atoms with Gasteiger partial charge in [0.25, 0.3) is 0 Å². The molecule has 86 valence electrons. The van der Waals surface area contributed by atoms with Crippen molar-refractivity contribution in [3.63, 3.8) is 0 Å². The van der Waals surface area contributed by atoms with Crippen LogP contribution in [-0.4, -0.2) is 14.5 Å². The van der Waals surface area contributed by atoms with Crippen molar-refractivity contribution < 1.29 is 0 Å². The minimum absolute atomic E-state index is 0.386. The van der Waals surface area contributed by atoms with E-state index >= 15 is 0 Å². The van der Waals surface area contributed by atoms with Gasteiger partial charge in [-0.1, -0.05) is 11.6 Å². The smallest absolute Gasteiger partial charge is 0.204 e. The molecule has 0 bridgehead atoms. The molecule has 2 aromatic heterocycles. The van der Waals surface area contributed by atoms with Crippen molar-refractivity contribution in [3.05, 3.63) is 27.2 Å². The molecule has 4 nitrogen and oxygen atoms in total. The van der Waals surface area contributed by atoms with Crippen LogP contribution >= 0.6 is 34.5 Å². The van der Waals surface area contributed by atoms with Crippen LogP contribution in [0.2, 0.25) is 10.4 Å². The second-order valence-electron chi connectivity index (χ2n) is 3.31. The predicted molar refractivity (Wildman–Crippen MR) is 67.4 cm³/mol. The van der Waals surface area contributed by atoms with Crippen molar-refractivity contribution in [1.82, 2.24) is 14.5 Å². The molecule has 0 aliphatic carbocycles. The highest BCUT2D eigenvalue weighted by Crippen LogP contribution is 2.22. The lowest BCUT2D eigenvalue weighted by Gasteiger charge is -2.04. The van der Waals surface area contributed by atoms with Gasteiger partial charge in [-0.15, -0.1) is 11.3 Å². The topological polar surface area (TPSA) is 42.7 Å². The molecule has 2 aromatic rings. The Hall–Kier alpha value is -0.780. The lowest BCUT2D eigenvalue weighted by atomic mass is 10.4. The number of aromatic nitrogens is 3. The summed E-state index contributed by atoms with van der Waals surface area (Å²) < 4.78 is 1.75. The van der Waals surface area contributed by atoms with E-state index in [-0.39, 0.29) is 0 Å². The van der Waals surface area contributed by atoms with Crippen molar-refractivity contribution in [1.29, 1.82) is 0 Å². The third kappa shape index (κ3) is 2.31. The molecule has 0 radical (unpaired) electrons. The van der Waals surface area contributed by atoms with E-state index in [4.69, 9.17) is 23.2 Å². The van der Waals surface area contributed by atoms with Gasteiger partial charge < -0.3 is 9.88 Å². The van der Waals surface area contributed by atoms with Gasteiger partial charge in [0.2, 0.25) is 5.28 Å². The first-order chi connectivity index (χ1) is 7.58. The van der Waals surface area contributed by atoms with Crippen molar-refractivity contribution in [3.8, 4) is 0 Å². The van der Waals surface area contributed by atoms with E-state index in [2.05, 4.69) is 15.3 Å². The first-order valence-electron chi connectivity index (χ1n) is 4.61. The summed E-state index contributed by atoms with van der Waals surface area (Å²) in [6, 6.07) is 0. The number of hydrogen-bond acceptors (Lipinski definition) is 4. The van der Waals surface area contributed by atoms with E-state index in [1.807, 2.05) is 20.2 Å². The fraction of sp³-hybridized carbons (Fsp3) is 0.333. The number of aryl methyl sites for hydroxylation is 1. The molecule has 2 rings (SSSR count). The highest BCUT2D eigenvalue weighted by molar-refractivity contribution is 7.15. The third-order valence-corrected chi connectivity index (χ3v) is 3.65. The standard InChI is InChI=1S/C9H10Cl2N4S/c1-5-3-12-9(16-5)13-4-6-7(10)14-8(11)15(6)2/h3H,4H2,1-2H3,(H,12,13). The number of nitrogens with one attached hydrogen (secondary N) is 1. The number of thiazole rings is 1. The number of nitrogens with zero attached hydrogens (tertiary/aromatic N) is 3. The highest BCUT2D eigenvalue weighted by Gasteiger charge is 2.11. The zero-order chi connectivity index (χ0) is 11.7. The van der Waals surface area contributed by atoms with Crippen molar-refractivity contribution >= 4 is 39.7 Å². The summed E-state index contributed by atoms with van der Waals surface area (Å²) in [5.74, 6) is 0. The minimum atomic E-state index is 0.386. The zero-order valence-electron chi connectivity index (χ0n) is 8.79. The quantitative estimate of drug-likeness (QED) is 0.937. The molecule has 0 atom stereocenters. The lowest BCUT2D eigenvalue weighted by molar-refractivity contribution is 0.838. The molecule has 0 saturated heterocycles. The Morgan fingerprint density at radius 3 is 2.75 bits per heavy atom. The Bertz CT molecular complexity index is 506. The summed E-state index contributed by atoms with van der Waals surface area (Å²) in [6.45, 7) is 2.57. The lowest BCUT2D eigenvalue weighted by Crippen LogP contribution is -2.04. The van der Waals surface area contributed by atoms with Crippen LogP contribution in [-0.2, 0) is 13.6 Å². The van der Waals surface area contributed by atoms with Gasteiger partial charge in [0.05, 0.1) is 12.2 Å². The Morgan fingerprint density at radius 2 is 2.25 bits per heavy atom. The van der Waals surface area contributed by atoms with Gasteiger partial charge in [-0.3, -0.25) is 0 Å². The van der Waals surface area contributed by atoms with Crippen molar-refractivity contribution in [2.24, 2.45) is 7.05 Å². The Morgan fingerprint density at radius 1 is 1.50 bits per heavy atom. The third-order valence-electron chi connectivity index (χ3n) is 2.14. The summed E-state index contributed by atoms with van der Waals surface area (Å²) in [5, 5.41) is 4.86. The maximum absolute atomic E-state index is 5.95. The van der Waals surface area contributed by atoms with Gasteiger partial charge in [-0.25, -0.2) is 9.97 Å². The highest BCUT2D eigenvalue weighted by atomic mass is 35.5. The molecule has 0 aliphatic rings. The second-order valence-corrected chi connectivity index (χ2v) is 5.24. The first kappa shape index (κ1) is 11.7. The largest absolute Gasteiger partial charge is 0.356 e. The predicted octanol–water partition coefficient (Wildman–Crippen LogP) is 3.10. The van der Waals surface area contributed by atoms with E-state index in [9.17, 15) is 0 Å². The fourth-order valence-corrected chi connectivity index (χ4v) is 2.42. The van der Waals surface area contributed by atoms with Crippen LogP contribution < -0.4 is 5.32 Å². The van der Waals surface area contributed by atoms with Crippen molar-refractivity contribution in [2.45, 2.75) is 13.5 Å². The molecule has 0 fully saturated rings. The van der Waals surface area contributed by atoms with Crippen LogP contribution in [0.1, 0.15) is 10.6 Å². The monoisotopic (exact) mass is 276 g/mol. The summed E-state index contributed by atoms with van der Waals surface area (Å²) in [5.41, 5.74) is 0.847. The Kier molecular flexibility index (Phi) is 3.37. The maximum atomic E-state index is 5.95. The van der Waals surface area contributed by atoms with E-state index in [1.54, 1.807) is 15.9 Å². The molecule has 7 heteroatoms. The second kappa shape index (κ2) is 4.61. The normalized spacial score (nSPS) is 10.8. The van der Waals surface area contributed by atoms with E-state index in [0.717, 1.165) is 15.7 Å². The first-order valence-corrected chi connectivity index (χ1v) is 6.18. The van der Waals surface area contributed by atoms with Gasteiger partial charge in [-0.2, -0.15) is 0 Å². The SMILES string of the molecule is Cc1cnc(NCc2c(Cl)nc(Cl)n2C)s1. The zero-order valence-corrected chi connectivity index (χ0v) is 11.1. The number of imidazole rings is 1. The summed E-state index contributed by atoms with van der Waals surface area (Å²) in [4.78, 5) is 9.33. The van der Waals surface area contributed by atoms with E-state index in [1.165, 1.54) is 0 Å². The molecule has 0 unspecified atom stereocenters. The summed E-state index contributed by atoms with van der Waals surface area (Å²) in [6.07, 6.45) is 1.82. The Balaban J connectivity index is 2.10. The van der Waals surface area contributed by atoms with Gasteiger partial charge in [0.1, 0.15) is 0 Å². The number of anilines is 1. The van der Waals surface area contributed by atoms with Crippen LogP contribution in [0.5, 0.6) is 0 Å². The number of halogens is 2. The molecule has 0 amide bonds. The van der Waals surface area contributed by atoms with Crippen LogP contribution in [0.15, 0.2) is 6.20 Å². The molecule has 0 aliphatic heterocycles. The molecule has 0 spiro atoms. The summed E-state index contributed by atoms with van der Waals surface area (Å²) >= 11 is 13.4. The minimum Gasteiger partial charge on any atom is -0.356 e. The van der Waals surface area contributed by atoms with Crippen LogP contribution in [0.4, 0.5) is 5.13 Å². The molecular formula is C9H10Cl2N4S. The summed E-state index contributed by atoms with van der Waals surface area (Å²) in [7, 11) is 1.82. The molecular weight excluding hydrogens is 267 g/mol. The van der Waals surface area contributed by atoms with Gasteiger partial charge in [0, 0.05) is 18.1 Å².